The van der Waals surface area contributed by atoms with E-state index >= 15 is 0 Å². The first kappa shape index (κ1) is 15.3. The van der Waals surface area contributed by atoms with E-state index in [-0.39, 0.29) is 32.7 Å². The van der Waals surface area contributed by atoms with E-state index in [4.69, 9.17) is 18.3 Å². The Labute approximate surface area is 104 Å². The van der Waals surface area contributed by atoms with Gasteiger partial charge in [0.15, 0.2) is 14.8 Å². The Morgan fingerprint density at radius 1 is 1.19 bits per heavy atom. The quantitative estimate of drug-likeness (QED) is 0.725. The molecule has 0 spiro atoms. The molecule has 0 aromatic carbocycles. The first-order valence-electron chi connectivity index (χ1n) is 4.70. The van der Waals surface area contributed by atoms with E-state index in [0.29, 0.717) is 6.16 Å². The minimum absolute atomic E-state index is 0.0520. The van der Waals surface area contributed by atoms with Crippen LogP contribution in [0, 0.1) is 5.92 Å². The molecule has 0 aromatic rings. The van der Waals surface area contributed by atoms with Crippen molar-refractivity contribution in [1.82, 2.24) is 0 Å². The second-order valence-electron chi connectivity index (χ2n) is 3.55. The maximum atomic E-state index is 10.6. The van der Waals surface area contributed by atoms with Crippen molar-refractivity contribution in [3.05, 3.63) is 0 Å². The van der Waals surface area contributed by atoms with Crippen LogP contribution in [0.15, 0.2) is 0 Å². The van der Waals surface area contributed by atoms with Crippen LogP contribution in [0.3, 0.4) is 0 Å². The van der Waals surface area contributed by atoms with Gasteiger partial charge in [-0.05, 0) is 0 Å². The zero-order valence-corrected chi connectivity index (χ0v) is 13.2. The molecule has 0 bridgehead atoms. The van der Waals surface area contributed by atoms with E-state index in [0.717, 1.165) is 0 Å². The van der Waals surface area contributed by atoms with Gasteiger partial charge in [-0.25, -0.2) is 0 Å². The molecule has 1 aliphatic heterocycles. The third kappa shape index (κ3) is 3.37. The first-order chi connectivity index (χ1) is 7.69. The van der Waals surface area contributed by atoms with Gasteiger partial charge < -0.3 is 18.3 Å². The van der Waals surface area contributed by atoms with E-state index in [1.165, 1.54) is 0 Å². The molecule has 1 saturated heterocycles. The molecule has 94 valence electrons. The van der Waals surface area contributed by atoms with E-state index in [1.54, 1.807) is 0 Å². The third-order valence-corrected chi connectivity index (χ3v) is 4.11. The Hall–Kier alpha value is 1.23. The normalized spacial score (nSPS) is 40.1. The molecule has 5 nitrogen and oxygen atoms in total. The second kappa shape index (κ2) is 7.62. The summed E-state index contributed by atoms with van der Waals surface area (Å²) in [5, 5.41) is 0. The molecule has 0 amide bonds. The molecule has 8 atom stereocenters. The topological polar surface area (TPSA) is 54.0 Å². The molecule has 0 radical (unpaired) electrons. The lowest BCUT2D eigenvalue weighted by atomic mass is 9.91. The fourth-order valence-corrected chi connectivity index (χ4v) is 3.24. The molecule has 16 heavy (non-hydrogen) atoms. The van der Waals surface area contributed by atoms with Crippen molar-refractivity contribution < 1.29 is 22.9 Å². The van der Waals surface area contributed by atoms with Gasteiger partial charge in [-0.1, -0.05) is 6.92 Å². The summed E-state index contributed by atoms with van der Waals surface area (Å²) in [5.74, 6) is 0.0703. The lowest BCUT2D eigenvalue weighted by Crippen LogP contribution is -2.54. The highest BCUT2D eigenvalue weighted by molar-refractivity contribution is 7.23. The number of ether oxygens (including phenoxy) is 1. The van der Waals surface area contributed by atoms with Crippen LogP contribution in [0.25, 0.3) is 0 Å². The van der Waals surface area contributed by atoms with Crippen molar-refractivity contribution in [2.24, 2.45) is 5.92 Å². The van der Waals surface area contributed by atoms with Crippen molar-refractivity contribution in [3.63, 3.8) is 0 Å². The minimum atomic E-state index is -0.545. The van der Waals surface area contributed by atoms with Crippen molar-refractivity contribution >= 4 is 36.9 Å². The SMILES string of the molecule is CC1[C@H](OP)C(OP)C(OP)O[C@@H]1CP=O. The molecule has 1 rings (SSSR count). The fourth-order valence-electron chi connectivity index (χ4n) is 1.77. The van der Waals surface area contributed by atoms with Gasteiger partial charge >= 0.3 is 0 Å². The fraction of sp³-hybridized carbons (Fsp3) is 1.00. The maximum absolute atomic E-state index is 10.6. The predicted molar refractivity (Wildman–Crippen MR) is 70.3 cm³/mol. The minimum Gasteiger partial charge on any atom is -0.359 e. The highest BCUT2D eigenvalue weighted by atomic mass is 31.1. The summed E-state index contributed by atoms with van der Waals surface area (Å²) in [5.41, 5.74) is 0. The molecule has 9 heteroatoms. The van der Waals surface area contributed by atoms with Crippen molar-refractivity contribution in [2.75, 3.05) is 6.16 Å². The largest absolute Gasteiger partial charge is 0.359 e. The van der Waals surface area contributed by atoms with Gasteiger partial charge in [0.05, 0.1) is 18.4 Å². The summed E-state index contributed by atoms with van der Waals surface area (Å²) >= 11 is 0. The van der Waals surface area contributed by atoms with Gasteiger partial charge in [0, 0.05) is 34.3 Å². The van der Waals surface area contributed by atoms with Crippen LogP contribution in [0.2, 0.25) is 0 Å². The predicted octanol–water partition coefficient (Wildman–Crippen LogP) is 1.80. The van der Waals surface area contributed by atoms with Crippen LogP contribution >= 0.6 is 36.9 Å². The summed E-state index contributed by atoms with van der Waals surface area (Å²) in [6.07, 6.45) is -0.828. The molecule has 0 aliphatic carbocycles. The summed E-state index contributed by atoms with van der Waals surface area (Å²) < 4.78 is 32.0. The van der Waals surface area contributed by atoms with Crippen LogP contribution in [0.1, 0.15) is 6.92 Å². The van der Waals surface area contributed by atoms with E-state index < -0.39 is 6.29 Å². The van der Waals surface area contributed by atoms with Crippen molar-refractivity contribution in [1.29, 1.82) is 0 Å². The van der Waals surface area contributed by atoms with Gasteiger partial charge in [-0.15, -0.1) is 0 Å². The summed E-state index contributed by atoms with van der Waals surface area (Å²) in [6, 6.07) is 0. The molecule has 1 aliphatic rings. The van der Waals surface area contributed by atoms with Crippen molar-refractivity contribution in [2.45, 2.75) is 31.5 Å². The zero-order valence-electron chi connectivity index (χ0n) is 8.81. The van der Waals surface area contributed by atoms with E-state index in [1.807, 2.05) is 6.92 Å². The maximum Gasteiger partial charge on any atom is 0.189 e. The van der Waals surface area contributed by atoms with Crippen LogP contribution in [-0.2, 0) is 22.9 Å². The van der Waals surface area contributed by atoms with Crippen LogP contribution in [0.4, 0.5) is 0 Å². The zero-order chi connectivity index (χ0) is 12.1. The molecule has 0 saturated carbocycles. The van der Waals surface area contributed by atoms with Crippen molar-refractivity contribution in [3.8, 4) is 0 Å². The molecule has 0 aromatic heterocycles. The van der Waals surface area contributed by atoms with Gasteiger partial charge in [0.25, 0.3) is 0 Å². The molecule has 1 fully saturated rings. The number of rotatable bonds is 5. The lowest BCUT2D eigenvalue weighted by Gasteiger charge is -2.42. The van der Waals surface area contributed by atoms with Crippen LogP contribution in [0.5, 0.6) is 0 Å². The van der Waals surface area contributed by atoms with Crippen LogP contribution in [-0.4, -0.2) is 30.8 Å². The molecule has 0 N–H and O–H groups in total. The first-order valence-corrected chi connectivity index (χ1v) is 7.12. The van der Waals surface area contributed by atoms with E-state index in [2.05, 4.69) is 28.4 Å². The standard InChI is InChI=1S/C7H16O5P4/c1-3-4(2-16-8)9-7(12-15)6(11-14)5(3)10-13/h3-7H,2,13-15H2,1H3/t3?,4-,5+,6?,7?/m1/s1. The smallest absolute Gasteiger partial charge is 0.189 e. The Morgan fingerprint density at radius 2 is 1.81 bits per heavy atom. The van der Waals surface area contributed by atoms with Gasteiger partial charge in [0.1, 0.15) is 6.10 Å². The third-order valence-electron chi connectivity index (χ3n) is 2.71. The Kier molecular flexibility index (Phi) is 7.28. The highest BCUT2D eigenvalue weighted by Gasteiger charge is 2.44. The average Bonchev–Trinajstić information content (AvgIpc) is 2.31. The van der Waals surface area contributed by atoms with E-state index in [9.17, 15) is 4.57 Å². The summed E-state index contributed by atoms with van der Waals surface area (Å²) in [4.78, 5) is 0. The monoisotopic (exact) mass is 304 g/mol. The molecule has 6 unspecified atom stereocenters. The van der Waals surface area contributed by atoms with Gasteiger partial charge in [-0.3, -0.25) is 4.57 Å². The molecule has 1 heterocycles. The summed E-state index contributed by atoms with van der Waals surface area (Å²) in [6.45, 7) is 1.97. The Balaban J connectivity index is 2.80. The van der Waals surface area contributed by atoms with Gasteiger partial charge in [0.2, 0.25) is 0 Å². The summed E-state index contributed by atoms with van der Waals surface area (Å²) in [7, 11) is 6.60. The van der Waals surface area contributed by atoms with Gasteiger partial charge in [-0.2, -0.15) is 0 Å². The average molecular weight is 304 g/mol. The second-order valence-corrected chi connectivity index (χ2v) is 4.99. The Morgan fingerprint density at radius 3 is 2.25 bits per heavy atom. The molecular weight excluding hydrogens is 288 g/mol. The highest BCUT2D eigenvalue weighted by Crippen LogP contribution is 2.34. The number of hydrogen-bond donors (Lipinski definition) is 0. The molecular formula is C7H16O5P4. The number of hydrogen-bond acceptors (Lipinski definition) is 5. The van der Waals surface area contributed by atoms with Crippen LogP contribution < -0.4 is 0 Å². The lowest BCUT2D eigenvalue weighted by molar-refractivity contribution is -0.229. The Bertz CT molecular complexity index is 231.